The summed E-state index contributed by atoms with van der Waals surface area (Å²) in [5, 5.41) is 11.6. The van der Waals surface area contributed by atoms with Crippen molar-refractivity contribution in [3.8, 4) is 0 Å². The smallest absolute Gasteiger partial charge is 0.335 e. The molecule has 21 heavy (non-hydrogen) atoms. The van der Waals surface area contributed by atoms with Crippen LogP contribution in [0.1, 0.15) is 15.9 Å². The van der Waals surface area contributed by atoms with Gasteiger partial charge in [0.2, 0.25) is 5.91 Å². The van der Waals surface area contributed by atoms with E-state index in [0.717, 1.165) is 6.07 Å². The predicted octanol–water partition coefficient (Wildman–Crippen LogP) is 3.36. The summed E-state index contributed by atoms with van der Waals surface area (Å²) in [5.41, 5.74) is 0.401. The first-order chi connectivity index (χ1) is 9.97. The molecule has 2 aromatic carbocycles. The molecule has 108 valence electrons. The van der Waals surface area contributed by atoms with Gasteiger partial charge in [0.1, 0.15) is 5.82 Å². The van der Waals surface area contributed by atoms with Crippen LogP contribution in [0, 0.1) is 5.82 Å². The molecule has 0 spiro atoms. The van der Waals surface area contributed by atoms with Crippen molar-refractivity contribution >= 4 is 29.2 Å². The van der Waals surface area contributed by atoms with E-state index in [0.29, 0.717) is 5.56 Å². The second-order valence-electron chi connectivity index (χ2n) is 4.31. The van der Waals surface area contributed by atoms with Gasteiger partial charge in [-0.3, -0.25) is 4.79 Å². The standard InChI is InChI=1S/C15H11ClFNO3/c16-10-5-6-13(12(17)8-10)18-14(19)7-9-3-1-2-4-11(9)15(20)21/h1-6,8H,7H2,(H,18,19)(H,20,21). The lowest BCUT2D eigenvalue weighted by Gasteiger charge is -2.08. The Morgan fingerprint density at radius 2 is 1.90 bits per heavy atom. The van der Waals surface area contributed by atoms with Gasteiger partial charge in [-0.1, -0.05) is 29.8 Å². The molecule has 0 aromatic heterocycles. The highest BCUT2D eigenvalue weighted by Crippen LogP contribution is 2.19. The van der Waals surface area contributed by atoms with E-state index in [2.05, 4.69) is 5.32 Å². The Hall–Kier alpha value is -2.40. The number of amides is 1. The largest absolute Gasteiger partial charge is 0.478 e. The van der Waals surface area contributed by atoms with Crippen LogP contribution in [0.4, 0.5) is 10.1 Å². The molecular formula is C15H11ClFNO3. The topological polar surface area (TPSA) is 66.4 Å². The second kappa shape index (κ2) is 6.37. The third kappa shape index (κ3) is 3.79. The van der Waals surface area contributed by atoms with Crippen molar-refractivity contribution < 1.29 is 19.1 Å². The van der Waals surface area contributed by atoms with E-state index in [1.54, 1.807) is 18.2 Å². The maximum absolute atomic E-state index is 13.6. The quantitative estimate of drug-likeness (QED) is 0.910. The lowest BCUT2D eigenvalue weighted by atomic mass is 10.0. The zero-order valence-electron chi connectivity index (χ0n) is 10.8. The van der Waals surface area contributed by atoms with Gasteiger partial charge in [0.15, 0.2) is 0 Å². The Morgan fingerprint density at radius 1 is 1.19 bits per heavy atom. The summed E-state index contributed by atoms with van der Waals surface area (Å²) in [6.45, 7) is 0. The van der Waals surface area contributed by atoms with Gasteiger partial charge in [-0.2, -0.15) is 0 Å². The Bertz CT molecular complexity index is 703. The zero-order valence-corrected chi connectivity index (χ0v) is 11.5. The van der Waals surface area contributed by atoms with Gasteiger partial charge >= 0.3 is 5.97 Å². The van der Waals surface area contributed by atoms with Gasteiger partial charge in [-0.25, -0.2) is 9.18 Å². The number of rotatable bonds is 4. The number of carbonyl (C=O) groups excluding carboxylic acids is 1. The first-order valence-corrected chi connectivity index (χ1v) is 6.41. The summed E-state index contributed by atoms with van der Waals surface area (Å²) in [7, 11) is 0. The molecule has 4 nitrogen and oxygen atoms in total. The lowest BCUT2D eigenvalue weighted by Crippen LogP contribution is -2.17. The van der Waals surface area contributed by atoms with Crippen LogP contribution in [0.15, 0.2) is 42.5 Å². The van der Waals surface area contributed by atoms with Crippen molar-refractivity contribution in [3.63, 3.8) is 0 Å². The molecule has 0 atom stereocenters. The van der Waals surface area contributed by atoms with Crippen LogP contribution in [0.25, 0.3) is 0 Å². The third-order valence-electron chi connectivity index (χ3n) is 2.80. The number of aromatic carboxylic acids is 1. The van der Waals surface area contributed by atoms with Crippen molar-refractivity contribution in [2.75, 3.05) is 5.32 Å². The first-order valence-electron chi connectivity index (χ1n) is 6.03. The van der Waals surface area contributed by atoms with Crippen LogP contribution >= 0.6 is 11.6 Å². The van der Waals surface area contributed by atoms with Crippen LogP contribution in [0.3, 0.4) is 0 Å². The highest BCUT2D eigenvalue weighted by Gasteiger charge is 2.13. The van der Waals surface area contributed by atoms with E-state index in [9.17, 15) is 14.0 Å². The average Bonchev–Trinajstić information content (AvgIpc) is 2.42. The number of nitrogens with one attached hydrogen (secondary N) is 1. The van der Waals surface area contributed by atoms with Crippen molar-refractivity contribution in [1.82, 2.24) is 0 Å². The molecule has 0 saturated carbocycles. The molecule has 0 aliphatic heterocycles. The van der Waals surface area contributed by atoms with E-state index < -0.39 is 17.7 Å². The number of carboxylic acids is 1. The maximum atomic E-state index is 13.6. The molecule has 0 bridgehead atoms. The number of benzene rings is 2. The van der Waals surface area contributed by atoms with Crippen LogP contribution in [-0.4, -0.2) is 17.0 Å². The summed E-state index contributed by atoms with van der Waals surface area (Å²) in [5.74, 6) is -2.27. The molecule has 0 saturated heterocycles. The lowest BCUT2D eigenvalue weighted by molar-refractivity contribution is -0.115. The summed E-state index contributed by atoms with van der Waals surface area (Å²) >= 11 is 5.62. The Balaban J connectivity index is 2.14. The van der Waals surface area contributed by atoms with Gasteiger partial charge in [-0.15, -0.1) is 0 Å². The highest BCUT2D eigenvalue weighted by atomic mass is 35.5. The number of anilines is 1. The van der Waals surface area contributed by atoms with E-state index in [-0.39, 0.29) is 22.7 Å². The van der Waals surface area contributed by atoms with Crippen molar-refractivity contribution in [3.05, 3.63) is 64.4 Å². The molecule has 0 fully saturated rings. The van der Waals surface area contributed by atoms with E-state index >= 15 is 0 Å². The number of hydrogen-bond donors (Lipinski definition) is 2. The summed E-state index contributed by atoms with van der Waals surface area (Å²) in [6.07, 6.45) is -0.162. The Labute approximate surface area is 125 Å². The van der Waals surface area contributed by atoms with Crippen LogP contribution < -0.4 is 5.32 Å². The fourth-order valence-corrected chi connectivity index (χ4v) is 2.00. The Kier molecular flexibility index (Phi) is 4.55. The fraction of sp³-hybridized carbons (Fsp3) is 0.0667. The Morgan fingerprint density at radius 3 is 2.57 bits per heavy atom. The van der Waals surface area contributed by atoms with Gasteiger partial charge in [-0.05, 0) is 29.8 Å². The minimum atomic E-state index is -1.11. The molecule has 0 radical (unpaired) electrons. The molecule has 0 aliphatic carbocycles. The third-order valence-corrected chi connectivity index (χ3v) is 3.04. The highest BCUT2D eigenvalue weighted by molar-refractivity contribution is 6.30. The maximum Gasteiger partial charge on any atom is 0.335 e. The summed E-state index contributed by atoms with van der Waals surface area (Å²) < 4.78 is 13.6. The fourth-order valence-electron chi connectivity index (χ4n) is 1.84. The van der Waals surface area contributed by atoms with Gasteiger partial charge in [0.25, 0.3) is 0 Å². The molecule has 2 rings (SSSR count). The minimum absolute atomic E-state index is 0.00259. The first kappa shape index (κ1) is 15.0. The molecule has 2 aromatic rings. The second-order valence-corrected chi connectivity index (χ2v) is 4.75. The average molecular weight is 308 g/mol. The molecule has 0 aliphatic rings. The van der Waals surface area contributed by atoms with Crippen LogP contribution in [-0.2, 0) is 11.2 Å². The van der Waals surface area contributed by atoms with E-state index in [1.165, 1.54) is 18.2 Å². The van der Waals surface area contributed by atoms with Crippen LogP contribution in [0.5, 0.6) is 0 Å². The number of halogens is 2. The number of carbonyl (C=O) groups is 2. The summed E-state index contributed by atoms with van der Waals surface area (Å²) in [4.78, 5) is 22.9. The number of carboxylic acid groups (broad SMARTS) is 1. The van der Waals surface area contributed by atoms with Crippen molar-refractivity contribution in [1.29, 1.82) is 0 Å². The van der Waals surface area contributed by atoms with Gasteiger partial charge in [0, 0.05) is 5.02 Å². The van der Waals surface area contributed by atoms with Crippen molar-refractivity contribution in [2.24, 2.45) is 0 Å². The van der Waals surface area contributed by atoms with Gasteiger partial charge < -0.3 is 10.4 Å². The van der Waals surface area contributed by atoms with Crippen molar-refractivity contribution in [2.45, 2.75) is 6.42 Å². The van der Waals surface area contributed by atoms with Gasteiger partial charge in [0.05, 0.1) is 17.7 Å². The number of hydrogen-bond acceptors (Lipinski definition) is 2. The van der Waals surface area contributed by atoms with E-state index in [4.69, 9.17) is 16.7 Å². The molecule has 1 amide bonds. The molecular weight excluding hydrogens is 297 g/mol. The minimum Gasteiger partial charge on any atom is -0.478 e. The SMILES string of the molecule is O=C(Cc1ccccc1C(=O)O)Nc1ccc(Cl)cc1F. The van der Waals surface area contributed by atoms with Crippen LogP contribution in [0.2, 0.25) is 5.02 Å². The monoisotopic (exact) mass is 307 g/mol. The summed E-state index contributed by atoms with van der Waals surface area (Å²) in [6, 6.07) is 10.0. The molecule has 0 heterocycles. The van der Waals surface area contributed by atoms with E-state index in [1.807, 2.05) is 0 Å². The normalized spacial score (nSPS) is 10.2. The zero-order chi connectivity index (χ0) is 15.4. The molecule has 2 N–H and O–H groups in total. The predicted molar refractivity (Wildman–Crippen MR) is 77.1 cm³/mol. The molecule has 6 heteroatoms. The molecule has 0 unspecified atom stereocenters.